The third-order valence-corrected chi connectivity index (χ3v) is 5.44. The van der Waals surface area contributed by atoms with E-state index in [0.29, 0.717) is 19.4 Å². The van der Waals surface area contributed by atoms with Crippen molar-refractivity contribution < 1.29 is 14.4 Å². The van der Waals surface area contributed by atoms with Crippen LogP contribution in [0.15, 0.2) is 24.3 Å². The molecule has 1 unspecified atom stereocenters. The van der Waals surface area contributed by atoms with E-state index < -0.39 is 0 Å². The summed E-state index contributed by atoms with van der Waals surface area (Å²) >= 11 is 0. The zero-order valence-electron chi connectivity index (χ0n) is 16.5. The van der Waals surface area contributed by atoms with Gasteiger partial charge in [-0.2, -0.15) is 0 Å². The molecule has 0 saturated carbocycles. The third kappa shape index (κ3) is 4.31. The number of carbonyl (C=O) groups is 3. The molecule has 2 saturated heterocycles. The van der Waals surface area contributed by atoms with Crippen LogP contribution in [0, 0.1) is 0 Å². The van der Waals surface area contributed by atoms with Crippen LogP contribution in [0.5, 0.6) is 0 Å². The first-order valence-electron chi connectivity index (χ1n) is 9.75. The highest BCUT2D eigenvalue weighted by Gasteiger charge is 2.31. The van der Waals surface area contributed by atoms with Gasteiger partial charge in [0, 0.05) is 19.5 Å². The summed E-state index contributed by atoms with van der Waals surface area (Å²) in [5.74, 6) is -0.116. The van der Waals surface area contributed by atoms with Gasteiger partial charge in [0.05, 0.1) is 12.6 Å². The van der Waals surface area contributed by atoms with E-state index in [9.17, 15) is 14.4 Å². The van der Waals surface area contributed by atoms with Crippen LogP contribution in [0.4, 0.5) is 4.79 Å². The second-order valence-corrected chi connectivity index (χ2v) is 8.42. The first-order chi connectivity index (χ1) is 12.8. The van der Waals surface area contributed by atoms with E-state index in [2.05, 4.69) is 50.4 Å². The Morgan fingerprint density at radius 3 is 2.48 bits per heavy atom. The lowest BCUT2D eigenvalue weighted by molar-refractivity contribution is -0.133. The number of hydrogen-bond donors (Lipinski definition) is 1. The molecule has 2 aliphatic heterocycles. The molecular formula is C21H29N3O3. The molecule has 6 nitrogen and oxygen atoms in total. The number of urea groups is 1. The second-order valence-electron chi connectivity index (χ2n) is 8.42. The molecule has 1 aromatic carbocycles. The monoisotopic (exact) mass is 371 g/mol. The number of nitrogens with one attached hydrogen (secondary N) is 1. The molecule has 0 aromatic heterocycles. The Bertz CT molecular complexity index is 705. The maximum absolute atomic E-state index is 12.7. The number of rotatable bonds is 5. The van der Waals surface area contributed by atoms with Crippen LogP contribution < -0.4 is 5.32 Å². The summed E-state index contributed by atoms with van der Waals surface area (Å²) < 4.78 is 0. The van der Waals surface area contributed by atoms with Gasteiger partial charge in [0.25, 0.3) is 0 Å². The largest absolute Gasteiger partial charge is 0.336 e. The van der Waals surface area contributed by atoms with Crippen molar-refractivity contribution in [2.45, 2.75) is 57.9 Å². The average Bonchev–Trinajstić information content (AvgIpc) is 3.23. The number of carbonyl (C=O) groups excluding carboxylic acids is 3. The van der Waals surface area contributed by atoms with Crippen LogP contribution in [-0.2, 0) is 15.0 Å². The Labute approximate surface area is 160 Å². The Morgan fingerprint density at radius 2 is 1.89 bits per heavy atom. The number of nitrogens with zero attached hydrogens (tertiary/aromatic N) is 2. The molecule has 27 heavy (non-hydrogen) atoms. The molecule has 0 aliphatic carbocycles. The summed E-state index contributed by atoms with van der Waals surface area (Å²) in [6, 6.07) is 8.38. The van der Waals surface area contributed by atoms with Gasteiger partial charge in [-0.25, -0.2) is 4.79 Å². The molecule has 2 fully saturated rings. The lowest BCUT2D eigenvalue weighted by atomic mass is 9.86. The Hall–Kier alpha value is -2.37. The number of benzene rings is 1. The topological polar surface area (TPSA) is 69.7 Å². The summed E-state index contributed by atoms with van der Waals surface area (Å²) in [4.78, 5) is 39.0. The van der Waals surface area contributed by atoms with Gasteiger partial charge in [0.15, 0.2) is 0 Å². The van der Waals surface area contributed by atoms with Crippen LogP contribution in [0.3, 0.4) is 0 Å². The van der Waals surface area contributed by atoms with Crippen molar-refractivity contribution in [3.05, 3.63) is 35.4 Å². The number of likely N-dealkylation sites (tertiary alicyclic amines) is 1. The van der Waals surface area contributed by atoms with Crippen LogP contribution in [0.25, 0.3) is 0 Å². The van der Waals surface area contributed by atoms with Gasteiger partial charge in [-0.3, -0.25) is 14.5 Å². The maximum Gasteiger partial charge on any atom is 0.324 e. The van der Waals surface area contributed by atoms with Crippen molar-refractivity contribution in [1.29, 1.82) is 0 Å². The van der Waals surface area contributed by atoms with Gasteiger partial charge >= 0.3 is 6.03 Å². The van der Waals surface area contributed by atoms with E-state index in [4.69, 9.17) is 0 Å². The molecule has 4 amide bonds. The van der Waals surface area contributed by atoms with E-state index in [-0.39, 0.29) is 35.8 Å². The Balaban J connectivity index is 1.58. The standard InChI is InChI=1S/C21H29N3O3/c1-21(2,3)16-10-8-15(9-11-16)17-6-4-12-23(17)18(25)7-5-13-24-19(26)14-22-20(24)27/h8-11,17H,4-7,12-14H2,1-3H3,(H,22,27). The van der Waals surface area contributed by atoms with Crippen molar-refractivity contribution in [2.24, 2.45) is 0 Å². The van der Waals surface area contributed by atoms with Crippen molar-refractivity contribution in [1.82, 2.24) is 15.1 Å². The summed E-state index contributed by atoms with van der Waals surface area (Å²) in [7, 11) is 0. The number of imide groups is 1. The zero-order chi connectivity index (χ0) is 19.6. The van der Waals surface area contributed by atoms with E-state index >= 15 is 0 Å². The highest BCUT2D eigenvalue weighted by molar-refractivity contribution is 6.01. The molecule has 1 atom stereocenters. The molecule has 0 bridgehead atoms. The SMILES string of the molecule is CC(C)(C)c1ccc(C2CCCN2C(=O)CCCN2C(=O)CNC2=O)cc1. The molecule has 6 heteroatoms. The minimum Gasteiger partial charge on any atom is -0.336 e. The zero-order valence-corrected chi connectivity index (χ0v) is 16.5. The van der Waals surface area contributed by atoms with E-state index in [1.54, 1.807) is 0 Å². The fourth-order valence-corrected chi connectivity index (χ4v) is 3.83. The molecule has 0 spiro atoms. The fraction of sp³-hybridized carbons (Fsp3) is 0.571. The van der Waals surface area contributed by atoms with Gasteiger partial charge in [-0.05, 0) is 35.8 Å². The van der Waals surface area contributed by atoms with Crippen LogP contribution in [0.2, 0.25) is 0 Å². The first-order valence-corrected chi connectivity index (χ1v) is 9.75. The summed E-state index contributed by atoms with van der Waals surface area (Å²) in [6.07, 6.45) is 2.84. The average molecular weight is 371 g/mol. The number of hydrogen-bond acceptors (Lipinski definition) is 3. The van der Waals surface area contributed by atoms with Gasteiger partial charge in [-0.1, -0.05) is 45.0 Å². The normalized spacial score (nSPS) is 20.3. The van der Waals surface area contributed by atoms with Gasteiger partial charge in [0.2, 0.25) is 11.8 Å². The quantitative estimate of drug-likeness (QED) is 0.809. The van der Waals surface area contributed by atoms with Gasteiger partial charge < -0.3 is 10.2 Å². The first kappa shape index (κ1) is 19.4. The lowest BCUT2D eigenvalue weighted by Gasteiger charge is -2.26. The summed E-state index contributed by atoms with van der Waals surface area (Å²) in [5, 5.41) is 2.50. The van der Waals surface area contributed by atoms with Crippen molar-refractivity contribution in [3.8, 4) is 0 Å². The lowest BCUT2D eigenvalue weighted by Crippen LogP contribution is -2.34. The van der Waals surface area contributed by atoms with Gasteiger partial charge in [-0.15, -0.1) is 0 Å². The molecule has 3 rings (SSSR count). The Morgan fingerprint density at radius 1 is 1.19 bits per heavy atom. The number of amides is 4. The summed E-state index contributed by atoms with van der Waals surface area (Å²) in [5.41, 5.74) is 2.59. The molecule has 1 N–H and O–H groups in total. The molecule has 0 radical (unpaired) electrons. The predicted octanol–water partition coefficient (Wildman–Crippen LogP) is 2.98. The van der Waals surface area contributed by atoms with Crippen LogP contribution >= 0.6 is 0 Å². The predicted molar refractivity (Wildman–Crippen MR) is 103 cm³/mol. The molecule has 2 heterocycles. The smallest absolute Gasteiger partial charge is 0.324 e. The van der Waals surface area contributed by atoms with Crippen LogP contribution in [0.1, 0.15) is 63.6 Å². The Kier molecular flexibility index (Phi) is 5.53. The van der Waals surface area contributed by atoms with Crippen molar-refractivity contribution in [3.63, 3.8) is 0 Å². The van der Waals surface area contributed by atoms with Crippen LogP contribution in [-0.4, -0.2) is 47.3 Å². The molecule has 1 aromatic rings. The minimum atomic E-state index is -0.356. The van der Waals surface area contributed by atoms with Crippen molar-refractivity contribution in [2.75, 3.05) is 19.6 Å². The maximum atomic E-state index is 12.7. The molecule has 2 aliphatic rings. The highest BCUT2D eigenvalue weighted by Crippen LogP contribution is 2.33. The van der Waals surface area contributed by atoms with Gasteiger partial charge in [0.1, 0.15) is 0 Å². The highest BCUT2D eigenvalue weighted by atomic mass is 16.2. The molecular weight excluding hydrogens is 342 g/mol. The van der Waals surface area contributed by atoms with E-state index in [0.717, 1.165) is 19.4 Å². The minimum absolute atomic E-state index is 0.0611. The molecule has 146 valence electrons. The third-order valence-electron chi connectivity index (χ3n) is 5.44. The second kappa shape index (κ2) is 7.71. The van der Waals surface area contributed by atoms with E-state index in [1.165, 1.54) is 16.0 Å². The van der Waals surface area contributed by atoms with E-state index in [1.807, 2.05) is 4.90 Å². The summed E-state index contributed by atoms with van der Waals surface area (Å²) in [6.45, 7) is 7.71. The van der Waals surface area contributed by atoms with Crippen molar-refractivity contribution >= 4 is 17.8 Å². The fourth-order valence-electron chi connectivity index (χ4n) is 3.83.